The summed E-state index contributed by atoms with van der Waals surface area (Å²) in [5, 5.41) is 5.65. The maximum atomic E-state index is 12.2. The molecule has 24 heavy (non-hydrogen) atoms. The molecule has 0 aliphatic carbocycles. The highest BCUT2D eigenvalue weighted by Crippen LogP contribution is 2.14. The van der Waals surface area contributed by atoms with Gasteiger partial charge >= 0.3 is 0 Å². The maximum absolute atomic E-state index is 12.2. The second kappa shape index (κ2) is 7.70. The Kier molecular flexibility index (Phi) is 5.18. The van der Waals surface area contributed by atoms with Gasteiger partial charge in [0.15, 0.2) is 0 Å². The summed E-state index contributed by atoms with van der Waals surface area (Å²) < 4.78 is 5.49. The number of rotatable bonds is 5. The van der Waals surface area contributed by atoms with Crippen LogP contribution in [0.3, 0.4) is 0 Å². The highest BCUT2D eigenvalue weighted by Gasteiger charge is 2.17. The van der Waals surface area contributed by atoms with Crippen LogP contribution in [0.4, 0.5) is 5.69 Å². The quantitative estimate of drug-likeness (QED) is 0.883. The molecule has 2 N–H and O–H groups in total. The van der Waals surface area contributed by atoms with Gasteiger partial charge in [-0.1, -0.05) is 6.07 Å². The van der Waals surface area contributed by atoms with E-state index in [9.17, 15) is 9.59 Å². The zero-order chi connectivity index (χ0) is 16.8. The van der Waals surface area contributed by atoms with E-state index in [-0.39, 0.29) is 17.9 Å². The summed E-state index contributed by atoms with van der Waals surface area (Å²) in [6, 6.07) is 10.1. The number of pyridine rings is 1. The second-order valence-electron chi connectivity index (χ2n) is 5.62. The molecule has 0 bridgehead atoms. The molecule has 2 heterocycles. The van der Waals surface area contributed by atoms with E-state index in [1.54, 1.807) is 48.8 Å². The summed E-state index contributed by atoms with van der Waals surface area (Å²) in [5.41, 5.74) is 1.58. The van der Waals surface area contributed by atoms with Gasteiger partial charge in [-0.05, 0) is 43.2 Å². The Hall–Kier alpha value is -2.73. The van der Waals surface area contributed by atoms with Crippen molar-refractivity contribution in [2.75, 3.05) is 18.5 Å². The number of hydrogen-bond donors (Lipinski definition) is 2. The normalized spacial score (nSPS) is 16.6. The molecule has 1 unspecified atom stereocenters. The number of amides is 2. The number of hydrogen-bond acceptors (Lipinski definition) is 4. The fourth-order valence-electron chi connectivity index (χ4n) is 2.56. The molecule has 2 aromatic rings. The van der Waals surface area contributed by atoms with Crippen LogP contribution in [0.2, 0.25) is 0 Å². The second-order valence-corrected chi connectivity index (χ2v) is 5.62. The maximum Gasteiger partial charge on any atom is 0.255 e. The number of nitrogens with one attached hydrogen (secondary N) is 2. The lowest BCUT2D eigenvalue weighted by Crippen LogP contribution is -2.31. The number of benzene rings is 1. The van der Waals surface area contributed by atoms with Gasteiger partial charge in [-0.25, -0.2) is 0 Å². The SMILES string of the molecule is O=C(NCC1CCCO1)c1cccc(NC(=O)c2ccncc2)c1. The van der Waals surface area contributed by atoms with E-state index in [2.05, 4.69) is 15.6 Å². The number of ether oxygens (including phenoxy) is 1. The number of carbonyl (C=O) groups is 2. The lowest BCUT2D eigenvalue weighted by molar-refractivity contribution is 0.0857. The highest BCUT2D eigenvalue weighted by atomic mass is 16.5. The van der Waals surface area contributed by atoms with Gasteiger partial charge in [0, 0.05) is 42.4 Å². The first-order valence-corrected chi connectivity index (χ1v) is 7.93. The van der Waals surface area contributed by atoms with Gasteiger partial charge < -0.3 is 15.4 Å². The molecule has 0 saturated carbocycles. The summed E-state index contributed by atoms with van der Waals surface area (Å²) in [4.78, 5) is 28.2. The van der Waals surface area contributed by atoms with Crippen molar-refractivity contribution in [3.63, 3.8) is 0 Å². The van der Waals surface area contributed by atoms with Crippen molar-refractivity contribution in [1.82, 2.24) is 10.3 Å². The van der Waals surface area contributed by atoms with Crippen LogP contribution in [-0.4, -0.2) is 36.1 Å². The third-order valence-corrected chi connectivity index (χ3v) is 3.84. The molecule has 1 aliphatic rings. The largest absolute Gasteiger partial charge is 0.376 e. The van der Waals surface area contributed by atoms with Gasteiger partial charge in [-0.2, -0.15) is 0 Å². The summed E-state index contributed by atoms with van der Waals surface area (Å²) in [5.74, 6) is -0.417. The van der Waals surface area contributed by atoms with Crippen molar-refractivity contribution in [2.45, 2.75) is 18.9 Å². The summed E-state index contributed by atoms with van der Waals surface area (Å²) >= 11 is 0. The van der Waals surface area contributed by atoms with Gasteiger partial charge in [-0.3, -0.25) is 14.6 Å². The topological polar surface area (TPSA) is 80.3 Å². The molecule has 3 rings (SSSR count). The Bertz CT molecular complexity index is 712. The molecular weight excluding hydrogens is 306 g/mol. The first kappa shape index (κ1) is 16.1. The van der Waals surface area contributed by atoms with Gasteiger partial charge in [0.2, 0.25) is 0 Å². The molecule has 1 saturated heterocycles. The standard InChI is InChI=1S/C18H19N3O3/c22-17(20-12-16-5-2-10-24-16)14-3-1-4-15(11-14)21-18(23)13-6-8-19-9-7-13/h1,3-4,6-9,11,16H,2,5,10,12H2,(H,20,22)(H,21,23). The van der Waals surface area contributed by atoms with Crippen LogP contribution < -0.4 is 10.6 Å². The molecule has 0 radical (unpaired) electrons. The molecular formula is C18H19N3O3. The van der Waals surface area contributed by atoms with E-state index in [0.29, 0.717) is 23.4 Å². The van der Waals surface area contributed by atoms with Crippen molar-refractivity contribution >= 4 is 17.5 Å². The molecule has 1 aliphatic heterocycles. The van der Waals surface area contributed by atoms with Crippen LogP contribution in [-0.2, 0) is 4.74 Å². The van der Waals surface area contributed by atoms with Crippen molar-refractivity contribution in [2.24, 2.45) is 0 Å². The Balaban J connectivity index is 1.61. The minimum Gasteiger partial charge on any atom is -0.376 e. The van der Waals surface area contributed by atoms with Crippen molar-refractivity contribution < 1.29 is 14.3 Å². The van der Waals surface area contributed by atoms with Crippen LogP contribution in [0.5, 0.6) is 0 Å². The van der Waals surface area contributed by atoms with Crippen LogP contribution in [0.25, 0.3) is 0 Å². The van der Waals surface area contributed by atoms with Crippen LogP contribution in [0.15, 0.2) is 48.8 Å². The monoisotopic (exact) mass is 325 g/mol. The molecule has 6 heteroatoms. The molecule has 6 nitrogen and oxygen atoms in total. The predicted octanol–water partition coefficient (Wildman–Crippen LogP) is 2.24. The van der Waals surface area contributed by atoms with E-state index in [1.165, 1.54) is 0 Å². The van der Waals surface area contributed by atoms with E-state index < -0.39 is 0 Å². The lowest BCUT2D eigenvalue weighted by Gasteiger charge is -2.11. The van der Waals surface area contributed by atoms with Crippen molar-refractivity contribution in [1.29, 1.82) is 0 Å². The highest BCUT2D eigenvalue weighted by molar-refractivity contribution is 6.05. The number of aromatic nitrogens is 1. The Morgan fingerprint density at radius 2 is 1.96 bits per heavy atom. The number of nitrogens with zero attached hydrogens (tertiary/aromatic N) is 1. The Morgan fingerprint density at radius 3 is 2.71 bits per heavy atom. The summed E-state index contributed by atoms with van der Waals surface area (Å²) in [6.07, 6.45) is 5.23. The van der Waals surface area contributed by atoms with Crippen LogP contribution in [0, 0.1) is 0 Å². The fourth-order valence-corrected chi connectivity index (χ4v) is 2.56. The van der Waals surface area contributed by atoms with Crippen molar-refractivity contribution in [3.8, 4) is 0 Å². The van der Waals surface area contributed by atoms with Gasteiger partial charge in [0.25, 0.3) is 11.8 Å². The van der Waals surface area contributed by atoms with Crippen LogP contribution in [0.1, 0.15) is 33.6 Å². The van der Waals surface area contributed by atoms with Crippen LogP contribution >= 0.6 is 0 Å². The molecule has 1 atom stereocenters. The Labute approximate surface area is 140 Å². The van der Waals surface area contributed by atoms with E-state index in [0.717, 1.165) is 19.4 Å². The first-order chi connectivity index (χ1) is 11.7. The summed E-state index contributed by atoms with van der Waals surface area (Å²) in [6.45, 7) is 1.27. The van der Waals surface area contributed by atoms with Gasteiger partial charge in [0.05, 0.1) is 6.10 Å². The third kappa shape index (κ3) is 4.17. The minimum absolute atomic E-state index is 0.100. The van der Waals surface area contributed by atoms with Gasteiger partial charge in [-0.15, -0.1) is 0 Å². The van der Waals surface area contributed by atoms with E-state index in [1.807, 2.05) is 0 Å². The van der Waals surface area contributed by atoms with E-state index in [4.69, 9.17) is 4.74 Å². The Morgan fingerprint density at radius 1 is 1.12 bits per heavy atom. The number of carbonyl (C=O) groups excluding carboxylic acids is 2. The third-order valence-electron chi connectivity index (χ3n) is 3.84. The molecule has 1 aromatic carbocycles. The number of anilines is 1. The average molecular weight is 325 g/mol. The van der Waals surface area contributed by atoms with E-state index >= 15 is 0 Å². The first-order valence-electron chi connectivity index (χ1n) is 7.93. The molecule has 0 spiro atoms. The fraction of sp³-hybridized carbons (Fsp3) is 0.278. The lowest BCUT2D eigenvalue weighted by atomic mass is 10.1. The predicted molar refractivity (Wildman–Crippen MR) is 89.9 cm³/mol. The molecule has 124 valence electrons. The zero-order valence-electron chi connectivity index (χ0n) is 13.2. The molecule has 1 fully saturated rings. The smallest absolute Gasteiger partial charge is 0.255 e. The van der Waals surface area contributed by atoms with Gasteiger partial charge in [0.1, 0.15) is 0 Å². The molecule has 2 amide bonds. The molecule has 1 aromatic heterocycles. The summed E-state index contributed by atoms with van der Waals surface area (Å²) in [7, 11) is 0. The average Bonchev–Trinajstić information content (AvgIpc) is 3.14. The zero-order valence-corrected chi connectivity index (χ0v) is 13.2. The van der Waals surface area contributed by atoms with Crippen molar-refractivity contribution in [3.05, 3.63) is 59.9 Å². The minimum atomic E-state index is -0.241.